The van der Waals surface area contributed by atoms with E-state index in [1.54, 1.807) is 13.2 Å². The first kappa shape index (κ1) is 20.8. The summed E-state index contributed by atoms with van der Waals surface area (Å²) in [5.74, 6) is 1.02. The highest BCUT2D eigenvalue weighted by Crippen LogP contribution is 2.32. The van der Waals surface area contributed by atoms with Gasteiger partial charge in [0.2, 0.25) is 17.8 Å². The third-order valence-electron chi connectivity index (χ3n) is 5.46. The molecule has 0 atom stereocenters. The van der Waals surface area contributed by atoms with Crippen LogP contribution in [-0.2, 0) is 20.9 Å². The molecule has 1 saturated heterocycles. The zero-order valence-electron chi connectivity index (χ0n) is 17.4. The van der Waals surface area contributed by atoms with E-state index in [0.29, 0.717) is 37.4 Å². The molecule has 3 N–H and O–H groups in total. The number of hydrogen-bond acceptors (Lipinski definition) is 9. The summed E-state index contributed by atoms with van der Waals surface area (Å²) in [6, 6.07) is 7.32. The van der Waals surface area contributed by atoms with Crippen LogP contribution in [0.15, 0.2) is 24.3 Å². The Hall–Kier alpha value is -3.43. The molecule has 1 aliphatic heterocycles. The van der Waals surface area contributed by atoms with E-state index in [2.05, 4.69) is 20.3 Å². The van der Waals surface area contributed by atoms with E-state index in [1.165, 1.54) is 0 Å². The molecule has 31 heavy (non-hydrogen) atoms. The second kappa shape index (κ2) is 9.15. The van der Waals surface area contributed by atoms with Gasteiger partial charge in [-0.25, -0.2) is 0 Å². The number of nitrogens with two attached hydrogens (primary N) is 1. The van der Waals surface area contributed by atoms with Gasteiger partial charge in [0, 0.05) is 19.0 Å². The molecule has 1 aromatic heterocycles. The first-order chi connectivity index (χ1) is 15.0. The predicted molar refractivity (Wildman–Crippen MR) is 112 cm³/mol. The summed E-state index contributed by atoms with van der Waals surface area (Å²) in [6.45, 7) is 1.09. The number of carbonyl (C=O) groups excluding carboxylic acids is 2. The topological polar surface area (TPSA) is 133 Å². The van der Waals surface area contributed by atoms with Crippen LogP contribution in [0.4, 0.5) is 17.6 Å². The van der Waals surface area contributed by atoms with E-state index >= 15 is 0 Å². The Morgan fingerprint density at radius 3 is 2.55 bits per heavy atom. The zero-order chi connectivity index (χ0) is 21.8. The third kappa shape index (κ3) is 5.19. The minimum absolute atomic E-state index is 0.0188. The monoisotopic (exact) mass is 426 g/mol. The Kier molecular flexibility index (Phi) is 6.15. The van der Waals surface area contributed by atoms with Crippen molar-refractivity contribution in [3.05, 3.63) is 30.1 Å². The lowest BCUT2D eigenvalue weighted by molar-refractivity contribution is -0.153. The summed E-state index contributed by atoms with van der Waals surface area (Å²) >= 11 is 0. The molecule has 10 nitrogen and oxygen atoms in total. The standard InChI is InChI=1S/C21H26N6O4/c1-30-16-5-3-2-4-15(16)23-21-25-17(24-20(22)26-21)12-31-19(29)14-8-10-27(11-9-14)18(28)13-6-7-13/h2-5,13-14H,6-12H2,1H3,(H3,22,23,24,25,26). The van der Waals surface area contributed by atoms with Crippen LogP contribution in [0, 0.1) is 11.8 Å². The highest BCUT2D eigenvalue weighted by molar-refractivity contribution is 5.81. The van der Waals surface area contributed by atoms with Crippen molar-refractivity contribution in [2.24, 2.45) is 11.8 Å². The molecule has 1 saturated carbocycles. The molecule has 0 spiro atoms. The molecule has 4 rings (SSSR count). The molecular formula is C21H26N6O4. The molecule has 2 heterocycles. The van der Waals surface area contributed by atoms with Gasteiger partial charge in [-0.2, -0.15) is 15.0 Å². The summed E-state index contributed by atoms with van der Waals surface area (Å²) in [6.07, 6.45) is 3.20. The predicted octanol–water partition coefficient (Wildman–Crippen LogP) is 1.90. The number of carbonyl (C=O) groups is 2. The number of esters is 1. The van der Waals surface area contributed by atoms with E-state index in [9.17, 15) is 9.59 Å². The smallest absolute Gasteiger partial charge is 0.309 e. The molecule has 0 bridgehead atoms. The average Bonchev–Trinajstić information content (AvgIpc) is 3.62. The number of nitrogen functional groups attached to an aromatic ring is 1. The molecule has 1 aliphatic carbocycles. The summed E-state index contributed by atoms with van der Waals surface area (Å²) in [5, 5.41) is 3.04. The second-order valence-corrected chi connectivity index (χ2v) is 7.74. The van der Waals surface area contributed by atoms with E-state index in [-0.39, 0.29) is 48.0 Å². The van der Waals surface area contributed by atoms with Gasteiger partial charge in [-0.15, -0.1) is 0 Å². The average molecular weight is 426 g/mol. The van der Waals surface area contributed by atoms with Crippen LogP contribution in [-0.4, -0.2) is 51.9 Å². The molecule has 2 aromatic rings. The van der Waals surface area contributed by atoms with Gasteiger partial charge in [0.1, 0.15) is 5.75 Å². The Balaban J connectivity index is 1.32. The number of piperidine rings is 1. The number of anilines is 3. The number of para-hydroxylation sites is 2. The molecule has 1 aromatic carbocycles. The number of methoxy groups -OCH3 is 1. The van der Waals surface area contributed by atoms with Crippen molar-refractivity contribution in [3.8, 4) is 5.75 Å². The lowest BCUT2D eigenvalue weighted by Crippen LogP contribution is -2.41. The fourth-order valence-corrected chi connectivity index (χ4v) is 3.60. The number of hydrogen-bond donors (Lipinski definition) is 2. The van der Waals surface area contributed by atoms with Gasteiger partial charge in [0.15, 0.2) is 12.4 Å². The molecular weight excluding hydrogens is 400 g/mol. The first-order valence-corrected chi connectivity index (χ1v) is 10.4. The SMILES string of the molecule is COc1ccccc1Nc1nc(N)nc(COC(=O)C2CCN(C(=O)C3CC3)CC2)n1. The Labute approximate surface area is 180 Å². The number of nitrogens with zero attached hydrogens (tertiary/aromatic N) is 4. The highest BCUT2D eigenvalue weighted by Gasteiger charge is 2.36. The summed E-state index contributed by atoms with van der Waals surface area (Å²) in [4.78, 5) is 38.9. The van der Waals surface area contributed by atoms with Crippen molar-refractivity contribution in [1.29, 1.82) is 0 Å². The van der Waals surface area contributed by atoms with Gasteiger partial charge in [-0.1, -0.05) is 12.1 Å². The Morgan fingerprint density at radius 2 is 1.84 bits per heavy atom. The maximum absolute atomic E-state index is 12.5. The number of likely N-dealkylation sites (tertiary alicyclic amines) is 1. The largest absolute Gasteiger partial charge is 0.495 e. The molecule has 1 amide bonds. The van der Waals surface area contributed by atoms with Gasteiger partial charge in [0.25, 0.3) is 0 Å². The molecule has 2 aliphatic rings. The fourth-order valence-electron chi connectivity index (χ4n) is 3.60. The quantitative estimate of drug-likeness (QED) is 0.637. The highest BCUT2D eigenvalue weighted by atomic mass is 16.5. The van der Waals surface area contributed by atoms with Crippen LogP contribution >= 0.6 is 0 Å². The van der Waals surface area contributed by atoms with Crippen molar-refractivity contribution in [3.63, 3.8) is 0 Å². The van der Waals surface area contributed by atoms with Gasteiger partial charge < -0.3 is 25.4 Å². The second-order valence-electron chi connectivity index (χ2n) is 7.74. The minimum Gasteiger partial charge on any atom is -0.495 e. The third-order valence-corrected chi connectivity index (χ3v) is 5.46. The normalized spacial score (nSPS) is 16.6. The molecule has 0 unspecified atom stereocenters. The lowest BCUT2D eigenvalue weighted by Gasteiger charge is -2.31. The van der Waals surface area contributed by atoms with Crippen molar-refractivity contribution in [2.45, 2.75) is 32.3 Å². The van der Waals surface area contributed by atoms with E-state index in [4.69, 9.17) is 15.2 Å². The molecule has 0 radical (unpaired) electrons. The Morgan fingerprint density at radius 1 is 1.10 bits per heavy atom. The van der Waals surface area contributed by atoms with Crippen LogP contribution in [0.1, 0.15) is 31.5 Å². The summed E-state index contributed by atoms with van der Waals surface area (Å²) in [7, 11) is 1.57. The van der Waals surface area contributed by atoms with Crippen LogP contribution in [0.5, 0.6) is 5.75 Å². The minimum atomic E-state index is -0.309. The number of ether oxygens (including phenoxy) is 2. The van der Waals surface area contributed by atoms with E-state index in [0.717, 1.165) is 12.8 Å². The van der Waals surface area contributed by atoms with E-state index in [1.807, 2.05) is 23.1 Å². The lowest BCUT2D eigenvalue weighted by atomic mass is 9.97. The van der Waals surface area contributed by atoms with Gasteiger partial charge in [-0.3, -0.25) is 9.59 Å². The van der Waals surface area contributed by atoms with Crippen molar-refractivity contribution >= 4 is 29.5 Å². The molecule has 2 fully saturated rings. The first-order valence-electron chi connectivity index (χ1n) is 10.4. The Bertz CT molecular complexity index is 957. The molecule has 10 heteroatoms. The number of aromatic nitrogens is 3. The number of nitrogens with one attached hydrogen (secondary N) is 1. The molecule has 164 valence electrons. The zero-order valence-corrected chi connectivity index (χ0v) is 17.4. The number of benzene rings is 1. The maximum atomic E-state index is 12.5. The van der Waals surface area contributed by atoms with Crippen molar-refractivity contribution < 1.29 is 19.1 Å². The maximum Gasteiger partial charge on any atom is 0.309 e. The summed E-state index contributed by atoms with van der Waals surface area (Å²) < 4.78 is 10.7. The van der Waals surface area contributed by atoms with Crippen LogP contribution in [0.3, 0.4) is 0 Å². The number of rotatable bonds is 7. The fraction of sp³-hybridized carbons (Fsp3) is 0.476. The van der Waals surface area contributed by atoms with Crippen molar-refractivity contribution in [2.75, 3.05) is 31.2 Å². The van der Waals surface area contributed by atoms with Crippen LogP contribution < -0.4 is 15.8 Å². The van der Waals surface area contributed by atoms with E-state index < -0.39 is 0 Å². The van der Waals surface area contributed by atoms with Gasteiger partial charge >= 0.3 is 5.97 Å². The van der Waals surface area contributed by atoms with Crippen LogP contribution in [0.25, 0.3) is 0 Å². The number of amides is 1. The van der Waals surface area contributed by atoms with Gasteiger partial charge in [-0.05, 0) is 37.8 Å². The summed E-state index contributed by atoms with van der Waals surface area (Å²) in [5.41, 5.74) is 6.47. The van der Waals surface area contributed by atoms with Gasteiger partial charge in [0.05, 0.1) is 18.7 Å². The van der Waals surface area contributed by atoms with Crippen LogP contribution in [0.2, 0.25) is 0 Å². The van der Waals surface area contributed by atoms with Crippen molar-refractivity contribution in [1.82, 2.24) is 19.9 Å².